The van der Waals surface area contributed by atoms with Gasteiger partial charge in [0.25, 0.3) is 0 Å². The van der Waals surface area contributed by atoms with Crippen molar-refractivity contribution in [1.29, 1.82) is 0 Å². The van der Waals surface area contributed by atoms with E-state index in [0.29, 0.717) is 0 Å². The summed E-state index contributed by atoms with van der Waals surface area (Å²) in [5.41, 5.74) is 5.29. The summed E-state index contributed by atoms with van der Waals surface area (Å²) in [6, 6.07) is 31.2. The van der Waals surface area contributed by atoms with Crippen molar-refractivity contribution in [1.82, 2.24) is 19.7 Å². The summed E-state index contributed by atoms with van der Waals surface area (Å²) in [7, 11) is 0. The van der Waals surface area contributed by atoms with E-state index < -0.39 is 0 Å². The van der Waals surface area contributed by atoms with Crippen LogP contribution in [0, 0.1) is 0 Å². The molecule has 1 aliphatic heterocycles. The standard InChI is InChI=1S/C29H26N4OS/c1-3-10-21(11-4-1)20-35-29-32-31-28(33(29)19-23-14-9-17-34-23)25-18-27(22-12-5-2-6-13-22)30-26-16-8-7-15-24(25)26/h1-8,10-13,15-16,18,23H,9,14,17,19-20H2. The molecule has 1 aliphatic rings. The second-order valence-electron chi connectivity index (χ2n) is 8.76. The smallest absolute Gasteiger partial charge is 0.191 e. The minimum atomic E-state index is 0.183. The number of thioether (sulfide) groups is 1. The van der Waals surface area contributed by atoms with Gasteiger partial charge in [0, 0.05) is 28.9 Å². The summed E-state index contributed by atoms with van der Waals surface area (Å²) in [5.74, 6) is 1.71. The van der Waals surface area contributed by atoms with Gasteiger partial charge in [-0.25, -0.2) is 4.98 Å². The molecule has 3 aromatic carbocycles. The van der Waals surface area contributed by atoms with Gasteiger partial charge in [0.1, 0.15) is 0 Å². The largest absolute Gasteiger partial charge is 0.376 e. The highest BCUT2D eigenvalue weighted by Gasteiger charge is 2.23. The van der Waals surface area contributed by atoms with Crippen LogP contribution in [0.1, 0.15) is 18.4 Å². The SMILES string of the molecule is c1ccc(CSc2nnc(-c3cc(-c4ccccc4)nc4ccccc34)n2CC2CCCO2)cc1. The second-order valence-corrected chi connectivity index (χ2v) is 9.71. The maximum Gasteiger partial charge on any atom is 0.191 e. The Kier molecular flexibility index (Phi) is 6.30. The zero-order chi connectivity index (χ0) is 23.5. The zero-order valence-electron chi connectivity index (χ0n) is 19.4. The summed E-state index contributed by atoms with van der Waals surface area (Å²) < 4.78 is 8.27. The second kappa shape index (κ2) is 10.0. The van der Waals surface area contributed by atoms with Crippen LogP contribution in [0.5, 0.6) is 0 Å². The summed E-state index contributed by atoms with van der Waals surface area (Å²) in [5, 5.41) is 11.4. The van der Waals surface area contributed by atoms with Crippen LogP contribution < -0.4 is 0 Å². The maximum absolute atomic E-state index is 6.02. The van der Waals surface area contributed by atoms with Crippen LogP contribution in [0.15, 0.2) is 96.2 Å². The lowest BCUT2D eigenvalue weighted by atomic mass is 10.0. The van der Waals surface area contributed by atoms with Crippen molar-refractivity contribution in [2.75, 3.05) is 6.61 Å². The average Bonchev–Trinajstić information content (AvgIpc) is 3.58. The first-order valence-electron chi connectivity index (χ1n) is 12.0. The van der Waals surface area contributed by atoms with Crippen molar-refractivity contribution < 1.29 is 4.74 Å². The van der Waals surface area contributed by atoms with Gasteiger partial charge in [-0.2, -0.15) is 0 Å². The topological polar surface area (TPSA) is 52.8 Å². The van der Waals surface area contributed by atoms with Crippen molar-refractivity contribution in [2.24, 2.45) is 0 Å². The molecule has 0 spiro atoms. The van der Waals surface area contributed by atoms with Crippen LogP contribution in [-0.4, -0.2) is 32.5 Å². The van der Waals surface area contributed by atoms with E-state index in [2.05, 4.69) is 70.3 Å². The summed E-state index contributed by atoms with van der Waals surface area (Å²) in [6.45, 7) is 1.57. The van der Waals surface area contributed by atoms with Crippen molar-refractivity contribution in [2.45, 2.75) is 36.4 Å². The lowest BCUT2D eigenvalue weighted by molar-refractivity contribution is 0.0953. The van der Waals surface area contributed by atoms with E-state index in [1.165, 1.54) is 5.56 Å². The van der Waals surface area contributed by atoms with Gasteiger partial charge in [0.2, 0.25) is 0 Å². The van der Waals surface area contributed by atoms with Crippen molar-refractivity contribution in [3.05, 3.63) is 96.6 Å². The molecule has 6 rings (SSSR count). The molecule has 1 saturated heterocycles. The molecule has 2 aromatic heterocycles. The minimum absolute atomic E-state index is 0.183. The van der Waals surface area contributed by atoms with Gasteiger partial charge >= 0.3 is 0 Å². The summed E-state index contributed by atoms with van der Waals surface area (Å²) in [6.07, 6.45) is 2.35. The van der Waals surface area contributed by atoms with Gasteiger partial charge in [-0.3, -0.25) is 4.57 Å². The van der Waals surface area contributed by atoms with Crippen molar-refractivity contribution in [3.63, 3.8) is 0 Å². The molecule has 0 saturated carbocycles. The highest BCUT2D eigenvalue weighted by atomic mass is 32.2. The van der Waals surface area contributed by atoms with Crippen molar-refractivity contribution >= 4 is 22.7 Å². The molecule has 0 radical (unpaired) electrons. The Morgan fingerprint density at radius 3 is 2.46 bits per heavy atom. The number of benzene rings is 3. The molecule has 174 valence electrons. The van der Waals surface area contributed by atoms with Crippen LogP contribution in [0.4, 0.5) is 0 Å². The molecule has 0 N–H and O–H groups in total. The molecule has 1 fully saturated rings. The monoisotopic (exact) mass is 478 g/mol. The fraction of sp³-hybridized carbons (Fsp3) is 0.207. The fourth-order valence-electron chi connectivity index (χ4n) is 4.59. The number of aromatic nitrogens is 4. The minimum Gasteiger partial charge on any atom is -0.376 e. The van der Waals surface area contributed by atoms with E-state index in [1.54, 1.807) is 11.8 Å². The zero-order valence-corrected chi connectivity index (χ0v) is 20.2. The lowest BCUT2D eigenvalue weighted by Crippen LogP contribution is -2.16. The molecule has 0 amide bonds. The van der Waals surface area contributed by atoms with Gasteiger partial charge in [-0.1, -0.05) is 90.6 Å². The Labute approximate surface area is 209 Å². The molecule has 35 heavy (non-hydrogen) atoms. The predicted octanol–water partition coefficient (Wildman–Crippen LogP) is 6.63. The third-order valence-electron chi connectivity index (χ3n) is 6.36. The molecule has 3 heterocycles. The van der Waals surface area contributed by atoms with Crippen molar-refractivity contribution in [3.8, 4) is 22.6 Å². The fourth-order valence-corrected chi connectivity index (χ4v) is 5.49. The summed E-state index contributed by atoms with van der Waals surface area (Å²) >= 11 is 1.72. The van der Waals surface area contributed by atoms with Gasteiger partial charge < -0.3 is 4.74 Å². The molecule has 6 heteroatoms. The molecule has 0 bridgehead atoms. The van der Waals surface area contributed by atoms with Crippen LogP contribution in [0.25, 0.3) is 33.5 Å². The number of fused-ring (bicyclic) bond motifs is 1. The average molecular weight is 479 g/mol. The molecule has 5 aromatic rings. The van der Waals surface area contributed by atoms with Gasteiger partial charge in [-0.15, -0.1) is 10.2 Å². The maximum atomic E-state index is 6.02. The molecular formula is C29H26N4OS. The quantitative estimate of drug-likeness (QED) is 0.246. The number of ether oxygens (including phenoxy) is 1. The number of rotatable bonds is 7. The first-order valence-corrected chi connectivity index (χ1v) is 13.0. The first-order chi connectivity index (χ1) is 17.3. The highest BCUT2D eigenvalue weighted by molar-refractivity contribution is 7.98. The number of para-hydroxylation sites is 1. The van der Waals surface area contributed by atoms with Gasteiger partial charge in [0.05, 0.1) is 23.9 Å². The third-order valence-corrected chi connectivity index (χ3v) is 7.40. The lowest BCUT2D eigenvalue weighted by Gasteiger charge is -2.16. The van der Waals surface area contributed by atoms with E-state index >= 15 is 0 Å². The predicted molar refractivity (Wildman–Crippen MR) is 141 cm³/mol. The number of nitrogens with zero attached hydrogens (tertiary/aromatic N) is 4. The van der Waals surface area contributed by atoms with E-state index in [-0.39, 0.29) is 6.10 Å². The first kappa shape index (κ1) is 22.0. The van der Waals surface area contributed by atoms with E-state index in [1.807, 2.05) is 30.3 Å². The van der Waals surface area contributed by atoms with Gasteiger partial charge in [-0.05, 0) is 30.5 Å². The van der Waals surface area contributed by atoms with E-state index in [4.69, 9.17) is 14.8 Å². The highest BCUT2D eigenvalue weighted by Crippen LogP contribution is 2.34. The normalized spacial score (nSPS) is 15.6. The Hall–Kier alpha value is -3.48. The Morgan fingerprint density at radius 1 is 0.886 bits per heavy atom. The van der Waals surface area contributed by atoms with Crippen LogP contribution in [-0.2, 0) is 17.0 Å². The van der Waals surface area contributed by atoms with E-state index in [9.17, 15) is 0 Å². The third kappa shape index (κ3) is 4.72. The molecule has 1 atom stereocenters. The van der Waals surface area contributed by atoms with Crippen LogP contribution in [0.2, 0.25) is 0 Å². The molecular weight excluding hydrogens is 452 g/mol. The van der Waals surface area contributed by atoms with Crippen LogP contribution in [0.3, 0.4) is 0 Å². The van der Waals surface area contributed by atoms with E-state index in [0.717, 1.165) is 70.5 Å². The molecule has 1 unspecified atom stereocenters. The van der Waals surface area contributed by atoms with Crippen LogP contribution >= 0.6 is 11.8 Å². The Bertz CT molecular complexity index is 1430. The summed E-state index contributed by atoms with van der Waals surface area (Å²) in [4.78, 5) is 4.96. The number of hydrogen-bond acceptors (Lipinski definition) is 5. The Morgan fingerprint density at radius 2 is 1.66 bits per heavy atom. The Balaban J connectivity index is 1.45. The molecule has 5 nitrogen and oxygen atoms in total. The number of hydrogen-bond donors (Lipinski definition) is 0. The van der Waals surface area contributed by atoms with Gasteiger partial charge in [0.15, 0.2) is 11.0 Å². The molecule has 0 aliphatic carbocycles. The number of pyridine rings is 1.